The number of hydrogen-bond acceptors (Lipinski definition) is 6. The number of hydrogen-bond donors (Lipinski definition) is 3. The van der Waals surface area contributed by atoms with Crippen molar-refractivity contribution in [1.82, 2.24) is 5.48 Å². The van der Waals surface area contributed by atoms with Gasteiger partial charge >= 0.3 is 0 Å². The van der Waals surface area contributed by atoms with E-state index in [2.05, 4.69) is 10.8 Å². The van der Waals surface area contributed by atoms with E-state index >= 15 is 0 Å². The van der Waals surface area contributed by atoms with Crippen LogP contribution in [0.25, 0.3) is 0 Å². The second kappa shape index (κ2) is 9.58. The predicted octanol–water partition coefficient (Wildman–Crippen LogP) is 4.22. The first-order chi connectivity index (χ1) is 12.8. The molecule has 0 aliphatic carbocycles. The summed E-state index contributed by atoms with van der Waals surface area (Å²) in [4.78, 5) is 30.1. The summed E-state index contributed by atoms with van der Waals surface area (Å²) in [6.45, 7) is 4.85. The summed E-state index contributed by atoms with van der Waals surface area (Å²) in [6.07, 6.45) is 0. The molecule has 0 saturated heterocycles. The van der Waals surface area contributed by atoms with Crippen LogP contribution in [-0.4, -0.2) is 30.0 Å². The monoisotopic (exact) mass is 506 g/mol. The highest BCUT2D eigenvalue weighted by Crippen LogP contribution is 2.40. The SMILES string of the molecule is CC(=O)c1sc(Nc2ccc(I)cc2F)c(C(=O)NOCCO)c1C(C)C. The van der Waals surface area contributed by atoms with Crippen LogP contribution in [0, 0.1) is 9.39 Å². The van der Waals surface area contributed by atoms with Crippen LogP contribution in [0.15, 0.2) is 18.2 Å². The van der Waals surface area contributed by atoms with E-state index < -0.39 is 11.7 Å². The number of aliphatic hydroxyl groups excluding tert-OH is 1. The smallest absolute Gasteiger partial charge is 0.278 e. The van der Waals surface area contributed by atoms with Crippen LogP contribution in [0.1, 0.15) is 52.3 Å². The molecular weight excluding hydrogens is 486 g/mol. The van der Waals surface area contributed by atoms with Gasteiger partial charge in [-0.25, -0.2) is 9.87 Å². The Hall–Kier alpha value is -1.56. The van der Waals surface area contributed by atoms with Gasteiger partial charge in [0.2, 0.25) is 0 Å². The number of halogens is 2. The third kappa shape index (κ3) is 5.24. The molecule has 0 radical (unpaired) electrons. The van der Waals surface area contributed by atoms with E-state index in [0.29, 0.717) is 15.4 Å². The number of benzene rings is 1. The zero-order valence-corrected chi connectivity index (χ0v) is 18.0. The summed E-state index contributed by atoms with van der Waals surface area (Å²) >= 11 is 3.11. The van der Waals surface area contributed by atoms with Crippen molar-refractivity contribution in [3.63, 3.8) is 0 Å². The fraction of sp³-hybridized carbons (Fsp3) is 0.333. The third-order valence-electron chi connectivity index (χ3n) is 3.61. The third-order valence-corrected chi connectivity index (χ3v) is 5.50. The molecule has 1 amide bonds. The second-order valence-corrected chi connectivity index (χ2v) is 8.28. The summed E-state index contributed by atoms with van der Waals surface area (Å²) in [5.41, 5.74) is 3.27. The molecule has 1 aromatic carbocycles. The van der Waals surface area contributed by atoms with E-state index in [1.54, 1.807) is 12.1 Å². The largest absolute Gasteiger partial charge is 0.394 e. The van der Waals surface area contributed by atoms with E-state index in [1.165, 1.54) is 13.0 Å². The van der Waals surface area contributed by atoms with Crippen LogP contribution in [-0.2, 0) is 4.84 Å². The quantitative estimate of drug-likeness (QED) is 0.216. The zero-order valence-electron chi connectivity index (χ0n) is 15.1. The lowest BCUT2D eigenvalue weighted by Crippen LogP contribution is -2.26. The first-order valence-corrected chi connectivity index (χ1v) is 10.1. The minimum absolute atomic E-state index is 0.0685. The minimum atomic E-state index is -0.565. The maximum atomic E-state index is 14.3. The number of rotatable bonds is 8. The summed E-state index contributed by atoms with van der Waals surface area (Å²) in [6, 6.07) is 4.68. The number of hydroxylamine groups is 1. The molecule has 6 nitrogen and oxygen atoms in total. The van der Waals surface area contributed by atoms with Crippen molar-refractivity contribution in [2.24, 2.45) is 0 Å². The van der Waals surface area contributed by atoms with Crippen LogP contribution >= 0.6 is 33.9 Å². The number of thiophene rings is 1. The maximum Gasteiger partial charge on any atom is 0.278 e. The molecular formula is C18H20FIN2O4S. The summed E-state index contributed by atoms with van der Waals surface area (Å²) in [5, 5.41) is 12.1. The van der Waals surface area contributed by atoms with Crippen molar-refractivity contribution in [1.29, 1.82) is 0 Å². The molecule has 0 aliphatic heterocycles. The number of carbonyl (C=O) groups is 2. The molecule has 9 heteroatoms. The first-order valence-electron chi connectivity index (χ1n) is 8.18. The maximum absolute atomic E-state index is 14.3. The van der Waals surface area contributed by atoms with Gasteiger partial charge in [0.15, 0.2) is 5.78 Å². The number of Topliss-reactive ketones (excluding diaryl/α,β-unsaturated/α-hetero) is 1. The van der Waals surface area contributed by atoms with Gasteiger partial charge in [0.25, 0.3) is 5.91 Å². The molecule has 0 saturated carbocycles. The number of carbonyl (C=O) groups excluding carboxylic acids is 2. The fourth-order valence-corrected chi connectivity index (χ4v) is 4.21. The number of aliphatic hydroxyl groups is 1. The zero-order chi connectivity index (χ0) is 20.1. The molecule has 0 spiro atoms. The number of nitrogens with one attached hydrogen (secondary N) is 2. The van der Waals surface area contributed by atoms with Gasteiger partial charge in [0, 0.05) is 3.57 Å². The van der Waals surface area contributed by atoms with Crippen LogP contribution in [0.4, 0.5) is 15.1 Å². The Morgan fingerprint density at radius 1 is 1.37 bits per heavy atom. The topological polar surface area (TPSA) is 87.7 Å². The minimum Gasteiger partial charge on any atom is -0.394 e. The normalized spacial score (nSPS) is 10.9. The van der Waals surface area contributed by atoms with Crippen molar-refractivity contribution in [3.05, 3.63) is 43.6 Å². The van der Waals surface area contributed by atoms with Crippen molar-refractivity contribution in [3.8, 4) is 0 Å². The van der Waals surface area contributed by atoms with E-state index in [4.69, 9.17) is 9.94 Å². The summed E-state index contributed by atoms with van der Waals surface area (Å²) < 4.78 is 15.0. The molecule has 1 aromatic heterocycles. The molecule has 1 heterocycles. The van der Waals surface area contributed by atoms with Gasteiger partial charge in [0.1, 0.15) is 10.8 Å². The lowest BCUT2D eigenvalue weighted by molar-refractivity contribution is 0.0168. The molecule has 0 bridgehead atoms. The molecule has 0 fully saturated rings. The Bertz CT molecular complexity index is 854. The van der Waals surface area contributed by atoms with Crippen LogP contribution in [0.3, 0.4) is 0 Å². The molecule has 3 N–H and O–H groups in total. The number of ketones is 1. The van der Waals surface area contributed by atoms with Gasteiger partial charge in [-0.3, -0.25) is 14.4 Å². The van der Waals surface area contributed by atoms with Gasteiger partial charge < -0.3 is 10.4 Å². The average molecular weight is 506 g/mol. The van der Waals surface area contributed by atoms with E-state index in [0.717, 1.165) is 14.9 Å². The summed E-state index contributed by atoms with van der Waals surface area (Å²) in [5.74, 6) is -1.32. The predicted molar refractivity (Wildman–Crippen MR) is 111 cm³/mol. The van der Waals surface area contributed by atoms with E-state index in [9.17, 15) is 14.0 Å². The van der Waals surface area contributed by atoms with Crippen LogP contribution < -0.4 is 10.8 Å². The molecule has 146 valence electrons. The highest BCUT2D eigenvalue weighted by atomic mass is 127. The Morgan fingerprint density at radius 3 is 2.63 bits per heavy atom. The molecule has 0 unspecified atom stereocenters. The lowest BCUT2D eigenvalue weighted by Gasteiger charge is -2.13. The second-order valence-electron chi connectivity index (χ2n) is 6.01. The molecule has 27 heavy (non-hydrogen) atoms. The summed E-state index contributed by atoms with van der Waals surface area (Å²) in [7, 11) is 0. The van der Waals surface area contributed by atoms with Crippen molar-refractivity contribution in [2.45, 2.75) is 26.7 Å². The fourth-order valence-electron chi connectivity index (χ4n) is 2.50. The van der Waals surface area contributed by atoms with Gasteiger partial charge in [-0.15, -0.1) is 11.3 Å². The highest BCUT2D eigenvalue weighted by molar-refractivity contribution is 14.1. The Morgan fingerprint density at radius 2 is 2.07 bits per heavy atom. The first kappa shape index (κ1) is 21.7. The van der Waals surface area contributed by atoms with Gasteiger partial charge in [0.05, 0.1) is 29.3 Å². The van der Waals surface area contributed by atoms with Crippen molar-refractivity contribution < 1.29 is 23.9 Å². The Kier molecular flexibility index (Phi) is 7.71. The molecule has 2 rings (SSSR count). The van der Waals surface area contributed by atoms with Crippen molar-refractivity contribution >= 4 is 56.3 Å². The Balaban J connectivity index is 2.52. The van der Waals surface area contributed by atoms with Gasteiger partial charge in [-0.05, 0) is 59.2 Å². The molecule has 0 atom stereocenters. The standard InChI is InChI=1S/C18H20FIN2O4S/c1-9(2)14-15(17(25)22-26-7-6-23)18(27-16(14)10(3)24)21-13-5-4-11(20)8-12(13)19/h4-5,8-9,21,23H,6-7H2,1-3H3,(H,22,25). The van der Waals surface area contributed by atoms with Gasteiger partial charge in [-0.2, -0.15) is 0 Å². The number of amides is 1. The van der Waals surface area contributed by atoms with Crippen molar-refractivity contribution in [2.75, 3.05) is 18.5 Å². The van der Waals surface area contributed by atoms with E-state index in [-0.39, 0.29) is 36.2 Å². The van der Waals surface area contributed by atoms with E-state index in [1.807, 2.05) is 36.4 Å². The van der Waals surface area contributed by atoms with Crippen LogP contribution in [0.2, 0.25) is 0 Å². The van der Waals surface area contributed by atoms with Crippen LogP contribution in [0.5, 0.6) is 0 Å². The number of anilines is 2. The Labute approximate surface area is 174 Å². The highest BCUT2D eigenvalue weighted by Gasteiger charge is 2.28. The average Bonchev–Trinajstić information content (AvgIpc) is 2.97. The molecule has 2 aromatic rings. The lowest BCUT2D eigenvalue weighted by atomic mass is 9.97. The van der Waals surface area contributed by atoms with Gasteiger partial charge in [-0.1, -0.05) is 13.8 Å². The molecule has 0 aliphatic rings.